The largest absolute Gasteiger partial charge is 0.387 e. The number of H-pyrrole nitrogens is 1. The summed E-state index contributed by atoms with van der Waals surface area (Å²) in [6.45, 7) is 6.88. The fraction of sp³-hybridized carbons (Fsp3) is 0.545. The highest BCUT2D eigenvalue weighted by Crippen LogP contribution is 2.25. The van der Waals surface area contributed by atoms with E-state index in [1.807, 2.05) is 0 Å². The van der Waals surface area contributed by atoms with Crippen molar-refractivity contribution in [2.24, 2.45) is 0 Å². The molecule has 1 aromatic heterocycles. The van der Waals surface area contributed by atoms with Crippen LogP contribution in [0, 0.1) is 0 Å². The van der Waals surface area contributed by atoms with E-state index in [2.05, 4.69) is 10.5 Å². The third kappa shape index (κ3) is 3.08. The second kappa shape index (κ2) is 4.27. The number of hydrogen-bond donors (Lipinski definition) is 3. The molecule has 0 radical (unpaired) electrons. The van der Waals surface area contributed by atoms with Gasteiger partial charge in [0.05, 0.1) is 11.3 Å². The lowest BCUT2D eigenvalue weighted by atomic mass is 9.90. The number of aliphatic hydroxyl groups is 1. The third-order valence-electron chi connectivity index (χ3n) is 2.68. The van der Waals surface area contributed by atoms with Crippen molar-refractivity contribution in [1.29, 1.82) is 0 Å². The first-order valence-electron chi connectivity index (χ1n) is 5.07. The number of aromatic amines is 1. The molecule has 0 aliphatic heterocycles. The number of nitrogens with one attached hydrogen (secondary N) is 2. The van der Waals surface area contributed by atoms with E-state index in [1.54, 1.807) is 33.8 Å². The number of rotatable bonds is 4. The van der Waals surface area contributed by atoms with Crippen molar-refractivity contribution in [3.05, 3.63) is 28.7 Å². The number of anilines is 1. The maximum Gasteiger partial charge on any atom is 0.248 e. The fourth-order valence-electron chi connectivity index (χ4n) is 0.785. The van der Waals surface area contributed by atoms with Gasteiger partial charge in [0.25, 0.3) is 0 Å². The first-order chi connectivity index (χ1) is 7.22. The Hall–Kier alpha value is -1.33. The van der Waals surface area contributed by atoms with E-state index in [1.165, 1.54) is 12.3 Å². The Morgan fingerprint density at radius 1 is 1.31 bits per heavy atom. The molecule has 0 spiro atoms. The normalized spacial score (nSPS) is 12.6. The Balaban J connectivity index is 2.65. The second-order valence-corrected chi connectivity index (χ2v) is 4.72. The number of hydrogen-bond acceptors (Lipinski definition) is 4. The molecule has 0 fully saturated rings. The highest BCUT2D eigenvalue weighted by molar-refractivity contribution is 5.37. The molecule has 0 saturated carbocycles. The predicted molar refractivity (Wildman–Crippen MR) is 62.1 cm³/mol. The molecule has 1 heterocycles. The SMILES string of the molecule is CC(C)(O)C(C)(C)ONc1ccc(=O)[nH]c1. The highest BCUT2D eigenvalue weighted by atomic mass is 16.7. The Morgan fingerprint density at radius 3 is 2.38 bits per heavy atom. The predicted octanol–water partition coefficient (Wildman–Crippen LogP) is 1.27. The van der Waals surface area contributed by atoms with Gasteiger partial charge in [-0.25, -0.2) is 0 Å². The summed E-state index contributed by atoms with van der Waals surface area (Å²) in [5.74, 6) is 0. The summed E-state index contributed by atoms with van der Waals surface area (Å²) in [6.07, 6.45) is 1.50. The van der Waals surface area contributed by atoms with E-state index in [0.29, 0.717) is 5.69 Å². The van der Waals surface area contributed by atoms with E-state index in [0.717, 1.165) is 0 Å². The summed E-state index contributed by atoms with van der Waals surface area (Å²) < 4.78 is 0. The van der Waals surface area contributed by atoms with Crippen molar-refractivity contribution in [3.63, 3.8) is 0 Å². The molecule has 0 atom stereocenters. The number of aromatic nitrogens is 1. The van der Waals surface area contributed by atoms with Gasteiger partial charge in [0.2, 0.25) is 5.56 Å². The van der Waals surface area contributed by atoms with E-state index >= 15 is 0 Å². The standard InChI is InChI=1S/C11H18N2O3/c1-10(2,15)11(3,4)16-13-8-5-6-9(14)12-7-8/h5-7,13,15H,1-4H3,(H,12,14). The zero-order chi connectivity index (χ0) is 12.4. The van der Waals surface area contributed by atoms with Crippen LogP contribution in [0.15, 0.2) is 23.1 Å². The van der Waals surface area contributed by atoms with Gasteiger partial charge in [-0.15, -0.1) is 0 Å². The van der Waals surface area contributed by atoms with Crippen molar-refractivity contribution in [2.75, 3.05) is 5.48 Å². The van der Waals surface area contributed by atoms with Gasteiger partial charge in [-0.2, -0.15) is 0 Å². The molecule has 0 aliphatic carbocycles. The molecule has 3 N–H and O–H groups in total. The molecule has 5 heteroatoms. The topological polar surface area (TPSA) is 74.3 Å². The van der Waals surface area contributed by atoms with Gasteiger partial charge in [-0.1, -0.05) is 0 Å². The van der Waals surface area contributed by atoms with Crippen LogP contribution in [0.2, 0.25) is 0 Å². The van der Waals surface area contributed by atoms with Gasteiger partial charge < -0.3 is 10.1 Å². The van der Waals surface area contributed by atoms with Crippen LogP contribution in [-0.2, 0) is 4.84 Å². The van der Waals surface area contributed by atoms with Crippen LogP contribution in [-0.4, -0.2) is 21.3 Å². The molecule has 1 aromatic rings. The Kier molecular flexibility index (Phi) is 3.40. The van der Waals surface area contributed by atoms with Crippen LogP contribution < -0.4 is 11.0 Å². The Labute approximate surface area is 94.4 Å². The molecule has 90 valence electrons. The smallest absolute Gasteiger partial charge is 0.248 e. The molecule has 0 aliphatic rings. The van der Waals surface area contributed by atoms with Crippen molar-refractivity contribution < 1.29 is 9.94 Å². The van der Waals surface area contributed by atoms with E-state index in [4.69, 9.17) is 4.84 Å². The van der Waals surface area contributed by atoms with Crippen molar-refractivity contribution in [2.45, 2.75) is 38.9 Å². The minimum Gasteiger partial charge on any atom is -0.387 e. The first kappa shape index (κ1) is 12.7. The quantitative estimate of drug-likeness (QED) is 0.676. The monoisotopic (exact) mass is 226 g/mol. The number of pyridine rings is 1. The van der Waals surface area contributed by atoms with Gasteiger partial charge in [0.1, 0.15) is 5.60 Å². The lowest BCUT2D eigenvalue weighted by Gasteiger charge is -2.36. The third-order valence-corrected chi connectivity index (χ3v) is 2.68. The Bertz CT molecular complexity index is 384. The van der Waals surface area contributed by atoms with Crippen molar-refractivity contribution >= 4 is 5.69 Å². The fourth-order valence-corrected chi connectivity index (χ4v) is 0.785. The van der Waals surface area contributed by atoms with E-state index in [9.17, 15) is 9.90 Å². The van der Waals surface area contributed by atoms with Gasteiger partial charge in [-0.05, 0) is 33.8 Å². The molecule has 16 heavy (non-hydrogen) atoms. The molecular formula is C11H18N2O3. The average Bonchev–Trinajstić information content (AvgIpc) is 2.15. The van der Waals surface area contributed by atoms with Crippen LogP contribution in [0.3, 0.4) is 0 Å². The van der Waals surface area contributed by atoms with Gasteiger partial charge in [-0.3, -0.25) is 15.1 Å². The van der Waals surface area contributed by atoms with Gasteiger partial charge in [0.15, 0.2) is 0 Å². The van der Waals surface area contributed by atoms with Crippen molar-refractivity contribution in [3.8, 4) is 0 Å². The molecule has 0 saturated heterocycles. The Morgan fingerprint density at radius 2 is 1.94 bits per heavy atom. The van der Waals surface area contributed by atoms with E-state index in [-0.39, 0.29) is 5.56 Å². The maximum absolute atomic E-state index is 10.8. The summed E-state index contributed by atoms with van der Waals surface area (Å²) in [5, 5.41) is 9.84. The summed E-state index contributed by atoms with van der Waals surface area (Å²) >= 11 is 0. The van der Waals surface area contributed by atoms with Crippen molar-refractivity contribution in [1.82, 2.24) is 4.98 Å². The highest BCUT2D eigenvalue weighted by Gasteiger charge is 2.36. The molecule has 1 rings (SSSR count). The van der Waals surface area contributed by atoms with Crippen LogP contribution >= 0.6 is 0 Å². The minimum absolute atomic E-state index is 0.174. The molecule has 0 bridgehead atoms. The zero-order valence-electron chi connectivity index (χ0n) is 10.00. The van der Waals surface area contributed by atoms with Crippen LogP contribution in [0.1, 0.15) is 27.7 Å². The zero-order valence-corrected chi connectivity index (χ0v) is 10.00. The van der Waals surface area contributed by atoms with E-state index < -0.39 is 11.2 Å². The molecule has 0 amide bonds. The summed E-state index contributed by atoms with van der Waals surface area (Å²) in [5.41, 5.74) is 1.39. The van der Waals surface area contributed by atoms with Crippen LogP contribution in [0.5, 0.6) is 0 Å². The minimum atomic E-state index is -0.984. The molecular weight excluding hydrogens is 208 g/mol. The summed E-state index contributed by atoms with van der Waals surface area (Å²) in [6, 6.07) is 2.99. The van der Waals surface area contributed by atoms with Gasteiger partial charge >= 0.3 is 0 Å². The summed E-state index contributed by atoms with van der Waals surface area (Å²) in [7, 11) is 0. The molecule has 0 unspecified atom stereocenters. The first-order valence-corrected chi connectivity index (χ1v) is 5.07. The molecule has 5 nitrogen and oxygen atoms in total. The van der Waals surface area contributed by atoms with Gasteiger partial charge in [0, 0.05) is 12.3 Å². The summed E-state index contributed by atoms with van der Waals surface area (Å²) in [4.78, 5) is 18.7. The molecule has 0 aromatic carbocycles. The van der Waals surface area contributed by atoms with Crippen LogP contribution in [0.4, 0.5) is 5.69 Å². The second-order valence-electron chi connectivity index (χ2n) is 4.72. The average molecular weight is 226 g/mol. The van der Waals surface area contributed by atoms with Crippen LogP contribution in [0.25, 0.3) is 0 Å². The lowest BCUT2D eigenvalue weighted by molar-refractivity contribution is -0.130. The lowest BCUT2D eigenvalue weighted by Crippen LogP contribution is -2.48. The maximum atomic E-state index is 10.8.